The fraction of sp³-hybridized carbons (Fsp3) is 0.600. The summed E-state index contributed by atoms with van der Waals surface area (Å²) in [5.41, 5.74) is 1.23. The maximum absolute atomic E-state index is 4.51. The Hall–Kier alpha value is -1.49. The van der Waals surface area contributed by atoms with Crippen LogP contribution >= 0.6 is 12.4 Å². The van der Waals surface area contributed by atoms with Crippen LogP contribution in [0.5, 0.6) is 0 Å². The Balaban J connectivity index is 0.00000161. The molecule has 2 aromatic heterocycles. The van der Waals surface area contributed by atoms with Gasteiger partial charge in [0.15, 0.2) is 0 Å². The van der Waals surface area contributed by atoms with Crippen molar-refractivity contribution in [1.82, 2.24) is 19.6 Å². The van der Waals surface area contributed by atoms with Crippen LogP contribution in [0.25, 0.3) is 0 Å². The van der Waals surface area contributed by atoms with Gasteiger partial charge in [-0.2, -0.15) is 10.2 Å². The molecule has 0 radical (unpaired) electrons. The molecule has 0 bridgehead atoms. The van der Waals surface area contributed by atoms with E-state index < -0.39 is 0 Å². The van der Waals surface area contributed by atoms with Crippen molar-refractivity contribution in [1.29, 1.82) is 0 Å². The highest BCUT2D eigenvalue weighted by Crippen LogP contribution is 2.28. The minimum absolute atomic E-state index is 0. The van der Waals surface area contributed by atoms with E-state index in [-0.39, 0.29) is 12.4 Å². The summed E-state index contributed by atoms with van der Waals surface area (Å²) in [6, 6.07) is 3.00. The van der Waals surface area contributed by atoms with Gasteiger partial charge in [0, 0.05) is 30.4 Å². The largest absolute Gasteiger partial charge is 0.366 e. The second kappa shape index (κ2) is 6.98. The lowest BCUT2D eigenvalue weighted by atomic mass is 10.2. The number of nitrogens with zero attached hydrogens (tertiary/aromatic N) is 4. The minimum atomic E-state index is 0. The van der Waals surface area contributed by atoms with Crippen LogP contribution in [0.15, 0.2) is 24.7 Å². The Morgan fingerprint density at radius 3 is 2.76 bits per heavy atom. The van der Waals surface area contributed by atoms with E-state index in [9.17, 15) is 0 Å². The Morgan fingerprint density at radius 2 is 2.05 bits per heavy atom. The van der Waals surface area contributed by atoms with Gasteiger partial charge >= 0.3 is 0 Å². The van der Waals surface area contributed by atoms with Crippen molar-refractivity contribution in [3.05, 3.63) is 30.2 Å². The molecule has 2 aromatic rings. The number of anilines is 1. The van der Waals surface area contributed by atoms with Gasteiger partial charge in [0.25, 0.3) is 0 Å². The molecule has 2 heterocycles. The molecule has 5 nitrogen and oxygen atoms in total. The van der Waals surface area contributed by atoms with E-state index in [1.807, 2.05) is 23.1 Å². The Morgan fingerprint density at radius 1 is 1.29 bits per heavy atom. The highest BCUT2D eigenvalue weighted by molar-refractivity contribution is 5.85. The monoisotopic (exact) mass is 309 g/mol. The van der Waals surface area contributed by atoms with Crippen LogP contribution in [0.2, 0.25) is 0 Å². The summed E-state index contributed by atoms with van der Waals surface area (Å²) in [5.74, 6) is 1.06. The zero-order valence-electron chi connectivity index (χ0n) is 12.7. The first-order valence-corrected chi connectivity index (χ1v) is 7.54. The van der Waals surface area contributed by atoms with Gasteiger partial charge in [0.1, 0.15) is 5.82 Å². The van der Waals surface area contributed by atoms with Gasteiger partial charge in [-0.3, -0.25) is 4.68 Å². The first-order valence-electron chi connectivity index (χ1n) is 7.54. The van der Waals surface area contributed by atoms with E-state index in [2.05, 4.69) is 40.2 Å². The van der Waals surface area contributed by atoms with Gasteiger partial charge in [-0.1, -0.05) is 12.8 Å². The van der Waals surface area contributed by atoms with Crippen molar-refractivity contribution in [3.63, 3.8) is 0 Å². The van der Waals surface area contributed by atoms with Crippen molar-refractivity contribution < 1.29 is 0 Å². The van der Waals surface area contributed by atoms with E-state index in [0.29, 0.717) is 12.1 Å². The zero-order valence-corrected chi connectivity index (χ0v) is 13.5. The molecule has 1 saturated carbocycles. The number of hydrogen-bond acceptors (Lipinski definition) is 3. The molecular weight excluding hydrogens is 286 g/mol. The maximum atomic E-state index is 4.51. The predicted molar refractivity (Wildman–Crippen MR) is 86.9 cm³/mol. The quantitative estimate of drug-likeness (QED) is 0.913. The predicted octanol–water partition coefficient (Wildman–Crippen LogP) is 3.81. The summed E-state index contributed by atoms with van der Waals surface area (Å²) in [4.78, 5) is 0. The third-order valence-corrected chi connectivity index (χ3v) is 3.99. The number of halogens is 1. The second-order valence-electron chi connectivity index (χ2n) is 5.88. The van der Waals surface area contributed by atoms with Crippen LogP contribution in [0.1, 0.15) is 57.2 Å². The maximum Gasteiger partial charge on any atom is 0.124 e. The molecule has 1 aliphatic carbocycles. The third kappa shape index (κ3) is 3.59. The number of hydrogen-bond donors (Lipinski definition) is 1. The number of rotatable bonds is 5. The van der Waals surface area contributed by atoms with Crippen molar-refractivity contribution in [2.75, 3.05) is 5.32 Å². The van der Waals surface area contributed by atoms with Crippen LogP contribution in [-0.2, 0) is 6.54 Å². The molecule has 0 unspecified atom stereocenters. The van der Waals surface area contributed by atoms with Crippen LogP contribution in [0.3, 0.4) is 0 Å². The molecule has 0 atom stereocenters. The van der Waals surface area contributed by atoms with Gasteiger partial charge in [0.2, 0.25) is 0 Å². The molecule has 0 aliphatic heterocycles. The molecule has 0 saturated heterocycles. The molecule has 6 heteroatoms. The Bertz CT molecular complexity index is 554. The van der Waals surface area contributed by atoms with E-state index in [1.165, 1.54) is 31.2 Å². The first-order chi connectivity index (χ1) is 9.74. The normalized spacial score (nSPS) is 15.4. The van der Waals surface area contributed by atoms with E-state index >= 15 is 0 Å². The molecule has 0 amide bonds. The summed E-state index contributed by atoms with van der Waals surface area (Å²) in [5, 5.41) is 12.3. The number of nitrogens with one attached hydrogen (secondary N) is 1. The molecule has 3 rings (SSSR count). The van der Waals surface area contributed by atoms with Crippen molar-refractivity contribution in [3.8, 4) is 0 Å². The van der Waals surface area contributed by atoms with Crippen molar-refractivity contribution >= 4 is 18.2 Å². The lowest BCUT2D eigenvalue weighted by Crippen LogP contribution is -2.09. The first kappa shape index (κ1) is 15.9. The molecule has 21 heavy (non-hydrogen) atoms. The zero-order chi connectivity index (χ0) is 13.9. The molecule has 0 aromatic carbocycles. The topological polar surface area (TPSA) is 47.7 Å². The summed E-state index contributed by atoms with van der Waals surface area (Å²) in [7, 11) is 0. The smallest absolute Gasteiger partial charge is 0.124 e. The van der Waals surface area contributed by atoms with Gasteiger partial charge in [-0.25, -0.2) is 4.68 Å². The lowest BCUT2D eigenvalue weighted by Gasteiger charge is -2.12. The summed E-state index contributed by atoms with van der Waals surface area (Å²) in [6.07, 6.45) is 11.2. The fourth-order valence-electron chi connectivity index (χ4n) is 2.90. The lowest BCUT2D eigenvalue weighted by molar-refractivity contribution is 0.466. The summed E-state index contributed by atoms with van der Waals surface area (Å²) in [6.45, 7) is 5.07. The highest BCUT2D eigenvalue weighted by Gasteiger charge is 2.17. The van der Waals surface area contributed by atoms with Gasteiger partial charge in [-0.05, 0) is 26.7 Å². The molecule has 1 N–H and O–H groups in total. The summed E-state index contributed by atoms with van der Waals surface area (Å²) < 4.78 is 4.14. The number of aromatic nitrogens is 4. The molecule has 116 valence electrons. The molecule has 1 aliphatic rings. The molecule has 1 fully saturated rings. The summed E-state index contributed by atoms with van der Waals surface area (Å²) >= 11 is 0. The molecular formula is C15H24ClN5. The minimum Gasteiger partial charge on any atom is -0.366 e. The van der Waals surface area contributed by atoms with Crippen LogP contribution in [0, 0.1) is 0 Å². The Kier molecular flexibility index (Phi) is 5.28. The standard InChI is InChI=1S/C15H23N5.ClH/c1-12(2)20-15(7-8-17-20)16-9-13-10-18-19(11-13)14-5-3-4-6-14;/h7-8,10-12,14,16H,3-6,9H2,1-2H3;1H. The van der Waals surface area contributed by atoms with Gasteiger partial charge in [0.05, 0.1) is 18.4 Å². The second-order valence-corrected chi connectivity index (χ2v) is 5.88. The average molecular weight is 310 g/mol. The van der Waals surface area contributed by atoms with Crippen LogP contribution < -0.4 is 5.32 Å². The molecule has 0 spiro atoms. The van der Waals surface area contributed by atoms with Gasteiger partial charge in [-0.15, -0.1) is 12.4 Å². The SMILES string of the molecule is CC(C)n1nccc1NCc1cnn(C2CCCC2)c1.Cl. The Labute approximate surface area is 132 Å². The van der Waals surface area contributed by atoms with Crippen molar-refractivity contribution in [2.45, 2.75) is 58.2 Å². The van der Waals surface area contributed by atoms with E-state index in [4.69, 9.17) is 0 Å². The van der Waals surface area contributed by atoms with Crippen LogP contribution in [0.4, 0.5) is 5.82 Å². The average Bonchev–Trinajstić information content (AvgIpc) is 3.16. The van der Waals surface area contributed by atoms with E-state index in [0.717, 1.165) is 12.4 Å². The van der Waals surface area contributed by atoms with Crippen molar-refractivity contribution in [2.24, 2.45) is 0 Å². The van der Waals surface area contributed by atoms with E-state index in [1.54, 1.807) is 0 Å². The fourth-order valence-corrected chi connectivity index (χ4v) is 2.90. The van der Waals surface area contributed by atoms with Crippen LogP contribution in [-0.4, -0.2) is 19.6 Å². The third-order valence-electron chi connectivity index (χ3n) is 3.99. The highest BCUT2D eigenvalue weighted by atomic mass is 35.5. The van der Waals surface area contributed by atoms with Gasteiger partial charge < -0.3 is 5.32 Å².